The average Bonchev–Trinajstić information content (AvgIpc) is 2.15. The SMILES string of the molecule is CC#CCc1ccccc1C(N)=O. The fourth-order valence-corrected chi connectivity index (χ4v) is 1.10. The molecule has 0 aromatic heterocycles. The minimum Gasteiger partial charge on any atom is -0.366 e. The summed E-state index contributed by atoms with van der Waals surface area (Å²) in [5, 5.41) is 0. The van der Waals surface area contributed by atoms with Crippen LogP contribution in [0.4, 0.5) is 0 Å². The molecule has 2 nitrogen and oxygen atoms in total. The van der Waals surface area contributed by atoms with Crippen LogP contribution in [0.1, 0.15) is 22.8 Å². The van der Waals surface area contributed by atoms with Gasteiger partial charge in [-0.2, -0.15) is 0 Å². The van der Waals surface area contributed by atoms with Gasteiger partial charge in [0.15, 0.2) is 0 Å². The maximum absolute atomic E-state index is 11.0. The second kappa shape index (κ2) is 4.32. The summed E-state index contributed by atoms with van der Waals surface area (Å²) in [6.07, 6.45) is 0.579. The highest BCUT2D eigenvalue weighted by molar-refractivity contribution is 5.94. The smallest absolute Gasteiger partial charge is 0.249 e. The van der Waals surface area contributed by atoms with Crippen LogP contribution in [0.5, 0.6) is 0 Å². The molecule has 0 bridgehead atoms. The first-order valence-corrected chi connectivity index (χ1v) is 4.03. The highest BCUT2D eigenvalue weighted by Gasteiger charge is 2.04. The first kappa shape index (κ1) is 9.34. The fourth-order valence-electron chi connectivity index (χ4n) is 1.10. The third-order valence-corrected chi connectivity index (χ3v) is 1.74. The predicted molar refractivity (Wildman–Crippen MR) is 52.1 cm³/mol. The van der Waals surface area contributed by atoms with Gasteiger partial charge in [0.25, 0.3) is 0 Å². The fraction of sp³-hybridized carbons (Fsp3) is 0.182. The number of rotatable bonds is 2. The summed E-state index contributed by atoms with van der Waals surface area (Å²) >= 11 is 0. The third kappa shape index (κ3) is 2.34. The van der Waals surface area contributed by atoms with Crippen molar-refractivity contribution >= 4 is 5.91 Å². The molecule has 0 unspecified atom stereocenters. The minimum absolute atomic E-state index is 0.395. The highest BCUT2D eigenvalue weighted by Crippen LogP contribution is 2.07. The molecule has 0 aliphatic heterocycles. The summed E-state index contributed by atoms with van der Waals surface area (Å²) in [5.74, 6) is 5.29. The molecule has 13 heavy (non-hydrogen) atoms. The number of nitrogens with two attached hydrogens (primary N) is 1. The molecule has 0 radical (unpaired) electrons. The Morgan fingerprint density at radius 1 is 1.46 bits per heavy atom. The number of carbonyl (C=O) groups is 1. The van der Waals surface area contributed by atoms with Gasteiger partial charge in [-0.05, 0) is 18.6 Å². The molecule has 0 heterocycles. The second-order valence-electron chi connectivity index (χ2n) is 2.62. The summed E-state index contributed by atoms with van der Waals surface area (Å²) in [6, 6.07) is 7.25. The molecule has 1 aromatic rings. The number of primary amides is 1. The van der Waals surface area contributed by atoms with Gasteiger partial charge in [0.2, 0.25) is 5.91 Å². The average molecular weight is 173 g/mol. The second-order valence-corrected chi connectivity index (χ2v) is 2.62. The van der Waals surface area contributed by atoms with Crippen LogP contribution in [-0.2, 0) is 6.42 Å². The Balaban J connectivity index is 3.02. The number of hydrogen-bond donors (Lipinski definition) is 1. The molecule has 1 aromatic carbocycles. The molecule has 0 saturated heterocycles. The number of benzene rings is 1. The van der Waals surface area contributed by atoms with Crippen molar-refractivity contribution < 1.29 is 4.79 Å². The zero-order chi connectivity index (χ0) is 9.68. The Bertz CT molecular complexity index is 371. The third-order valence-electron chi connectivity index (χ3n) is 1.74. The summed E-state index contributed by atoms with van der Waals surface area (Å²) < 4.78 is 0. The van der Waals surface area contributed by atoms with E-state index in [9.17, 15) is 4.79 Å². The first-order valence-electron chi connectivity index (χ1n) is 4.03. The largest absolute Gasteiger partial charge is 0.366 e. The van der Waals surface area contributed by atoms with Gasteiger partial charge in [0.1, 0.15) is 0 Å². The van der Waals surface area contributed by atoms with E-state index in [0.717, 1.165) is 5.56 Å². The lowest BCUT2D eigenvalue weighted by molar-refractivity contribution is 0.0999. The van der Waals surface area contributed by atoms with E-state index in [1.807, 2.05) is 12.1 Å². The molecule has 66 valence electrons. The molecular weight excluding hydrogens is 162 g/mol. The van der Waals surface area contributed by atoms with Gasteiger partial charge in [0, 0.05) is 12.0 Å². The summed E-state index contributed by atoms with van der Waals surface area (Å²) in [6.45, 7) is 1.77. The Kier molecular flexibility index (Phi) is 3.10. The van der Waals surface area contributed by atoms with Gasteiger partial charge >= 0.3 is 0 Å². The van der Waals surface area contributed by atoms with E-state index in [0.29, 0.717) is 12.0 Å². The molecule has 1 amide bonds. The Labute approximate surface area is 77.8 Å². The van der Waals surface area contributed by atoms with Gasteiger partial charge in [-0.15, -0.1) is 5.92 Å². The van der Waals surface area contributed by atoms with Gasteiger partial charge < -0.3 is 5.73 Å². The molecule has 0 spiro atoms. The summed E-state index contributed by atoms with van der Waals surface area (Å²) in [5.41, 5.74) is 6.65. The summed E-state index contributed by atoms with van der Waals surface area (Å²) in [4.78, 5) is 11.0. The Hall–Kier alpha value is -1.75. The lowest BCUT2D eigenvalue weighted by Crippen LogP contribution is -2.13. The van der Waals surface area contributed by atoms with Crippen LogP contribution in [0, 0.1) is 11.8 Å². The molecular formula is C11H11NO. The number of amides is 1. The van der Waals surface area contributed by atoms with Crippen LogP contribution in [0.2, 0.25) is 0 Å². The monoisotopic (exact) mass is 173 g/mol. The van der Waals surface area contributed by atoms with Gasteiger partial charge in [0.05, 0.1) is 0 Å². The summed E-state index contributed by atoms with van der Waals surface area (Å²) in [7, 11) is 0. The van der Waals surface area contributed by atoms with Crippen LogP contribution >= 0.6 is 0 Å². The highest BCUT2D eigenvalue weighted by atomic mass is 16.1. The lowest BCUT2D eigenvalue weighted by Gasteiger charge is -2.01. The quantitative estimate of drug-likeness (QED) is 0.674. The molecule has 0 aliphatic carbocycles. The van der Waals surface area contributed by atoms with E-state index in [-0.39, 0.29) is 0 Å². The van der Waals surface area contributed by atoms with E-state index in [1.165, 1.54) is 0 Å². The van der Waals surface area contributed by atoms with E-state index in [4.69, 9.17) is 5.73 Å². The molecule has 0 atom stereocenters. The standard InChI is InChI=1S/C11H11NO/c1-2-3-6-9-7-4-5-8-10(9)11(12)13/h4-5,7-8H,6H2,1H3,(H2,12,13). The van der Waals surface area contributed by atoms with Crippen molar-refractivity contribution in [3.8, 4) is 11.8 Å². The van der Waals surface area contributed by atoms with Crippen molar-refractivity contribution in [1.82, 2.24) is 0 Å². The van der Waals surface area contributed by atoms with E-state index in [2.05, 4.69) is 11.8 Å². The lowest BCUT2D eigenvalue weighted by atomic mass is 10.0. The van der Waals surface area contributed by atoms with E-state index in [1.54, 1.807) is 19.1 Å². The molecule has 2 N–H and O–H groups in total. The van der Waals surface area contributed by atoms with Crippen molar-refractivity contribution in [3.63, 3.8) is 0 Å². The van der Waals surface area contributed by atoms with Crippen molar-refractivity contribution in [1.29, 1.82) is 0 Å². The number of hydrogen-bond acceptors (Lipinski definition) is 1. The van der Waals surface area contributed by atoms with Gasteiger partial charge in [-0.1, -0.05) is 24.1 Å². The number of carbonyl (C=O) groups excluding carboxylic acids is 1. The van der Waals surface area contributed by atoms with Crippen molar-refractivity contribution in [2.45, 2.75) is 13.3 Å². The molecule has 0 fully saturated rings. The minimum atomic E-state index is -0.395. The molecule has 0 saturated carbocycles. The normalized spacial score (nSPS) is 8.69. The van der Waals surface area contributed by atoms with Gasteiger partial charge in [-0.3, -0.25) is 4.79 Å². The van der Waals surface area contributed by atoms with Crippen molar-refractivity contribution in [3.05, 3.63) is 35.4 Å². The van der Waals surface area contributed by atoms with Crippen LogP contribution in [-0.4, -0.2) is 5.91 Å². The van der Waals surface area contributed by atoms with E-state index >= 15 is 0 Å². The maximum Gasteiger partial charge on any atom is 0.249 e. The van der Waals surface area contributed by atoms with Crippen LogP contribution in [0.3, 0.4) is 0 Å². The maximum atomic E-state index is 11.0. The van der Waals surface area contributed by atoms with Crippen LogP contribution in [0.25, 0.3) is 0 Å². The van der Waals surface area contributed by atoms with Crippen molar-refractivity contribution in [2.24, 2.45) is 5.73 Å². The zero-order valence-corrected chi connectivity index (χ0v) is 7.50. The molecule has 1 rings (SSSR count). The predicted octanol–water partition coefficient (Wildman–Crippen LogP) is 1.35. The van der Waals surface area contributed by atoms with Crippen molar-refractivity contribution in [2.75, 3.05) is 0 Å². The zero-order valence-electron chi connectivity index (χ0n) is 7.50. The molecule has 2 heteroatoms. The van der Waals surface area contributed by atoms with Gasteiger partial charge in [-0.25, -0.2) is 0 Å². The first-order chi connectivity index (χ1) is 6.25. The Morgan fingerprint density at radius 2 is 2.15 bits per heavy atom. The van der Waals surface area contributed by atoms with Crippen LogP contribution in [0.15, 0.2) is 24.3 Å². The topological polar surface area (TPSA) is 43.1 Å². The van der Waals surface area contributed by atoms with E-state index < -0.39 is 5.91 Å². The Morgan fingerprint density at radius 3 is 2.77 bits per heavy atom. The van der Waals surface area contributed by atoms with Crippen LogP contribution < -0.4 is 5.73 Å². The molecule has 0 aliphatic rings.